The minimum atomic E-state index is -0.192. The molecule has 0 saturated heterocycles. The number of carbonyl (C=O) groups excluding carboxylic acids is 1. The van der Waals surface area contributed by atoms with Gasteiger partial charge >= 0.3 is 0 Å². The van der Waals surface area contributed by atoms with Crippen LogP contribution in [0.15, 0.2) is 30.3 Å². The molecule has 0 aliphatic carbocycles. The summed E-state index contributed by atoms with van der Waals surface area (Å²) in [6.07, 6.45) is 0.693. The van der Waals surface area contributed by atoms with E-state index in [1.807, 2.05) is 38.1 Å². The maximum Gasteiger partial charge on any atom is 0.165 e. The van der Waals surface area contributed by atoms with Gasteiger partial charge in [0, 0.05) is 17.0 Å². The van der Waals surface area contributed by atoms with Gasteiger partial charge in [-0.15, -0.1) is 0 Å². The largest absolute Gasteiger partial charge is 0.493 e. The Bertz CT molecular complexity index is 812. The van der Waals surface area contributed by atoms with Crippen molar-refractivity contribution in [1.29, 1.82) is 0 Å². The Balaban J connectivity index is 1.97. The van der Waals surface area contributed by atoms with Gasteiger partial charge in [0.15, 0.2) is 23.0 Å². The van der Waals surface area contributed by atoms with Crippen LogP contribution in [0.1, 0.15) is 54.3 Å². The molecule has 0 N–H and O–H groups in total. The van der Waals surface area contributed by atoms with Gasteiger partial charge in [-0.05, 0) is 43.7 Å². The molecule has 138 valence electrons. The lowest BCUT2D eigenvalue weighted by molar-refractivity contribution is 0.112. The van der Waals surface area contributed by atoms with Crippen LogP contribution in [0.4, 0.5) is 0 Å². The first-order valence-corrected chi connectivity index (χ1v) is 8.66. The van der Waals surface area contributed by atoms with Crippen molar-refractivity contribution in [1.82, 2.24) is 0 Å². The number of carbonyl (C=O) groups is 1. The van der Waals surface area contributed by atoms with E-state index in [-0.39, 0.29) is 18.1 Å². The molecule has 3 rings (SSSR count). The van der Waals surface area contributed by atoms with Gasteiger partial charge in [0.1, 0.15) is 12.4 Å². The van der Waals surface area contributed by atoms with E-state index in [1.54, 1.807) is 20.3 Å². The molecule has 0 spiro atoms. The zero-order chi connectivity index (χ0) is 18.8. The second-order valence-electron chi connectivity index (χ2n) is 6.66. The predicted octanol–water partition coefficient (Wildman–Crippen LogP) is 4.54. The SMILES string of the molecule is COc1cc([C@H]2Oc3c(OC)cc(C=O)cc3[C@@H]2C)ccc1OC(C)C. The fourth-order valence-corrected chi connectivity index (χ4v) is 3.29. The van der Waals surface area contributed by atoms with Crippen LogP contribution in [0, 0.1) is 0 Å². The average Bonchev–Trinajstić information content (AvgIpc) is 2.97. The highest BCUT2D eigenvalue weighted by Crippen LogP contribution is 2.51. The van der Waals surface area contributed by atoms with E-state index in [0.29, 0.717) is 28.6 Å². The Kier molecular flexibility index (Phi) is 5.07. The van der Waals surface area contributed by atoms with Crippen LogP contribution in [0.5, 0.6) is 23.0 Å². The summed E-state index contributed by atoms with van der Waals surface area (Å²) in [5.74, 6) is 2.71. The first-order chi connectivity index (χ1) is 12.5. The normalized spacial score (nSPS) is 18.2. The molecule has 0 amide bonds. The molecule has 1 heterocycles. The third kappa shape index (κ3) is 3.21. The van der Waals surface area contributed by atoms with Gasteiger partial charge in [0.25, 0.3) is 0 Å². The Labute approximate surface area is 153 Å². The number of methoxy groups -OCH3 is 2. The van der Waals surface area contributed by atoms with E-state index in [0.717, 1.165) is 17.4 Å². The standard InChI is InChI=1S/C21H24O5/c1-12(2)25-17-7-6-15(10-18(17)23-4)20-13(3)16-8-14(11-22)9-19(24-5)21(16)26-20/h6-13,20H,1-5H3/t13-,20-/m0/s1. The van der Waals surface area contributed by atoms with Crippen molar-refractivity contribution >= 4 is 6.29 Å². The quantitative estimate of drug-likeness (QED) is 0.711. The number of hydrogen-bond acceptors (Lipinski definition) is 5. The third-order valence-electron chi connectivity index (χ3n) is 4.53. The van der Waals surface area contributed by atoms with E-state index in [4.69, 9.17) is 18.9 Å². The van der Waals surface area contributed by atoms with Crippen LogP contribution < -0.4 is 18.9 Å². The summed E-state index contributed by atoms with van der Waals surface area (Å²) < 4.78 is 22.9. The van der Waals surface area contributed by atoms with Gasteiger partial charge < -0.3 is 18.9 Å². The second kappa shape index (κ2) is 7.28. The number of hydrogen-bond donors (Lipinski definition) is 0. The first-order valence-electron chi connectivity index (χ1n) is 8.66. The van der Waals surface area contributed by atoms with Gasteiger partial charge in [-0.1, -0.05) is 13.0 Å². The van der Waals surface area contributed by atoms with Crippen molar-refractivity contribution < 1.29 is 23.7 Å². The molecule has 0 unspecified atom stereocenters. The van der Waals surface area contributed by atoms with Crippen molar-refractivity contribution in [2.45, 2.75) is 38.9 Å². The minimum Gasteiger partial charge on any atom is -0.493 e. The zero-order valence-corrected chi connectivity index (χ0v) is 15.7. The summed E-state index contributed by atoms with van der Waals surface area (Å²) >= 11 is 0. The van der Waals surface area contributed by atoms with Gasteiger partial charge in [-0.3, -0.25) is 4.79 Å². The molecule has 26 heavy (non-hydrogen) atoms. The predicted molar refractivity (Wildman–Crippen MR) is 98.9 cm³/mol. The molecule has 0 bridgehead atoms. The minimum absolute atomic E-state index is 0.0617. The topological polar surface area (TPSA) is 54.0 Å². The Morgan fingerprint density at radius 1 is 1.04 bits per heavy atom. The highest BCUT2D eigenvalue weighted by molar-refractivity contribution is 5.78. The highest BCUT2D eigenvalue weighted by atomic mass is 16.5. The van der Waals surface area contributed by atoms with Crippen molar-refractivity contribution in [3.63, 3.8) is 0 Å². The van der Waals surface area contributed by atoms with Gasteiger partial charge in [-0.25, -0.2) is 0 Å². The molecule has 2 aromatic rings. The first kappa shape index (κ1) is 18.1. The Morgan fingerprint density at radius 2 is 1.77 bits per heavy atom. The lowest BCUT2D eigenvalue weighted by atomic mass is 9.91. The number of ether oxygens (including phenoxy) is 4. The summed E-state index contributed by atoms with van der Waals surface area (Å²) in [5, 5.41) is 0. The molecule has 0 saturated carbocycles. The van der Waals surface area contributed by atoms with Crippen LogP contribution in [0.3, 0.4) is 0 Å². The Morgan fingerprint density at radius 3 is 2.38 bits per heavy atom. The van der Waals surface area contributed by atoms with Crippen molar-refractivity contribution in [2.75, 3.05) is 14.2 Å². The fourth-order valence-electron chi connectivity index (χ4n) is 3.29. The molecule has 0 aromatic heterocycles. The summed E-state index contributed by atoms with van der Waals surface area (Å²) in [5.41, 5.74) is 2.53. The van der Waals surface area contributed by atoms with Crippen LogP contribution >= 0.6 is 0 Å². The highest BCUT2D eigenvalue weighted by Gasteiger charge is 2.35. The van der Waals surface area contributed by atoms with Crippen LogP contribution in [0.2, 0.25) is 0 Å². The van der Waals surface area contributed by atoms with Crippen molar-refractivity contribution in [2.24, 2.45) is 0 Å². The summed E-state index contributed by atoms with van der Waals surface area (Å²) in [6, 6.07) is 9.39. The third-order valence-corrected chi connectivity index (χ3v) is 4.53. The van der Waals surface area contributed by atoms with Crippen molar-refractivity contribution in [3.8, 4) is 23.0 Å². The molecular formula is C21H24O5. The lowest BCUT2D eigenvalue weighted by Crippen LogP contribution is -2.10. The van der Waals surface area contributed by atoms with Crippen LogP contribution in [0.25, 0.3) is 0 Å². The molecule has 0 fully saturated rings. The second-order valence-corrected chi connectivity index (χ2v) is 6.66. The molecule has 2 atom stereocenters. The summed E-state index contributed by atoms with van der Waals surface area (Å²) in [7, 11) is 3.20. The molecule has 5 nitrogen and oxygen atoms in total. The maximum absolute atomic E-state index is 11.2. The molecular weight excluding hydrogens is 332 g/mol. The molecule has 5 heteroatoms. The van der Waals surface area contributed by atoms with Crippen LogP contribution in [-0.4, -0.2) is 26.6 Å². The number of benzene rings is 2. The van der Waals surface area contributed by atoms with E-state index in [1.165, 1.54) is 0 Å². The molecule has 0 radical (unpaired) electrons. The molecule has 1 aliphatic heterocycles. The monoisotopic (exact) mass is 356 g/mol. The average molecular weight is 356 g/mol. The van der Waals surface area contributed by atoms with Gasteiger partial charge in [-0.2, -0.15) is 0 Å². The summed E-state index contributed by atoms with van der Waals surface area (Å²) in [4.78, 5) is 11.2. The van der Waals surface area contributed by atoms with E-state index >= 15 is 0 Å². The van der Waals surface area contributed by atoms with Gasteiger partial charge in [0.2, 0.25) is 0 Å². The van der Waals surface area contributed by atoms with Crippen molar-refractivity contribution in [3.05, 3.63) is 47.0 Å². The Hall–Kier alpha value is -2.69. The smallest absolute Gasteiger partial charge is 0.165 e. The van der Waals surface area contributed by atoms with Crippen LogP contribution in [-0.2, 0) is 0 Å². The number of fused-ring (bicyclic) bond motifs is 1. The lowest BCUT2D eigenvalue weighted by Gasteiger charge is -2.19. The van der Waals surface area contributed by atoms with Gasteiger partial charge in [0.05, 0.1) is 20.3 Å². The molecule has 1 aliphatic rings. The van der Waals surface area contributed by atoms with E-state index in [9.17, 15) is 4.79 Å². The number of aldehydes is 1. The maximum atomic E-state index is 11.2. The van der Waals surface area contributed by atoms with E-state index in [2.05, 4.69) is 6.92 Å². The summed E-state index contributed by atoms with van der Waals surface area (Å²) in [6.45, 7) is 6.03. The molecule has 2 aromatic carbocycles. The fraction of sp³-hybridized carbons (Fsp3) is 0.381. The zero-order valence-electron chi connectivity index (χ0n) is 15.7. The number of rotatable bonds is 6. The van der Waals surface area contributed by atoms with E-state index < -0.39 is 0 Å².